The molecule has 0 radical (unpaired) electrons. The number of Topliss-reactive ketones (excluding diaryl/α,β-unsaturated/α-hetero) is 1. The van der Waals surface area contributed by atoms with E-state index in [-0.39, 0.29) is 11.4 Å². The van der Waals surface area contributed by atoms with Gasteiger partial charge in [-0.25, -0.2) is 0 Å². The molecule has 1 fully saturated rings. The largest absolute Gasteiger partial charge is 0.295 e. The molecule has 1 saturated heterocycles. The summed E-state index contributed by atoms with van der Waals surface area (Å²) < 4.78 is 0. The first-order valence-electron chi connectivity index (χ1n) is 2.97. The first-order valence-corrected chi connectivity index (χ1v) is 4.25. The second-order valence-corrected chi connectivity index (χ2v) is 3.25. The number of thioether (sulfide) groups is 1. The summed E-state index contributed by atoms with van der Waals surface area (Å²) in [6.45, 7) is 1.94. The van der Waals surface area contributed by atoms with Crippen LogP contribution in [0.4, 0.5) is 0 Å². The van der Waals surface area contributed by atoms with E-state index in [0.29, 0.717) is 5.78 Å². The molecule has 2 nitrogen and oxygen atoms in total. The summed E-state index contributed by atoms with van der Waals surface area (Å²) in [6.07, 6.45) is 1.96. The quantitative estimate of drug-likeness (QED) is 0.538. The fourth-order valence-corrected chi connectivity index (χ4v) is 1.96. The van der Waals surface area contributed by atoms with E-state index < -0.39 is 0 Å². The average molecular weight is 145 g/mol. The molecule has 0 aromatic carbocycles. The molecule has 0 bridgehead atoms. The van der Waals surface area contributed by atoms with Crippen molar-refractivity contribution < 1.29 is 4.79 Å². The Morgan fingerprint density at radius 2 is 2.22 bits per heavy atom. The number of ketones is 1. The maximum Gasteiger partial charge on any atom is 0.176 e. The lowest BCUT2D eigenvalue weighted by Crippen LogP contribution is -2.59. The van der Waals surface area contributed by atoms with E-state index in [4.69, 9.17) is 0 Å². The topological polar surface area (TPSA) is 20.3 Å². The zero-order chi connectivity index (χ0) is 7.02. The summed E-state index contributed by atoms with van der Waals surface area (Å²) in [5, 5.41) is 0.139. The number of rotatable bonds is 1. The molecule has 0 aromatic heterocycles. The van der Waals surface area contributed by atoms with Gasteiger partial charge < -0.3 is 0 Å². The summed E-state index contributed by atoms with van der Waals surface area (Å²) >= 11 is 1.61. The predicted molar refractivity (Wildman–Crippen MR) is 39.5 cm³/mol. The fraction of sp³-hybridized carbons (Fsp3) is 0.833. The SMILES string of the molecule is CSC1C(=O)C(C)N1C. The second kappa shape index (κ2) is 2.31. The summed E-state index contributed by atoms with van der Waals surface area (Å²) in [6, 6.07) is 0.155. The van der Waals surface area contributed by atoms with Crippen LogP contribution in [0, 0.1) is 0 Å². The van der Waals surface area contributed by atoms with E-state index in [2.05, 4.69) is 4.90 Å². The summed E-state index contributed by atoms with van der Waals surface area (Å²) in [5.74, 6) is 0.366. The minimum atomic E-state index is 0.139. The van der Waals surface area contributed by atoms with Gasteiger partial charge in [-0.05, 0) is 20.2 Å². The number of carbonyl (C=O) groups excluding carboxylic acids is 1. The first-order chi connectivity index (χ1) is 4.18. The highest BCUT2D eigenvalue weighted by Crippen LogP contribution is 2.26. The van der Waals surface area contributed by atoms with Crippen molar-refractivity contribution in [1.29, 1.82) is 0 Å². The van der Waals surface area contributed by atoms with Gasteiger partial charge in [0.15, 0.2) is 5.78 Å². The van der Waals surface area contributed by atoms with Crippen molar-refractivity contribution in [2.24, 2.45) is 0 Å². The van der Waals surface area contributed by atoms with Gasteiger partial charge in [0, 0.05) is 0 Å². The highest BCUT2D eigenvalue weighted by atomic mass is 32.2. The minimum Gasteiger partial charge on any atom is -0.295 e. The molecule has 3 heteroatoms. The monoisotopic (exact) mass is 145 g/mol. The van der Waals surface area contributed by atoms with Crippen molar-refractivity contribution >= 4 is 17.5 Å². The lowest BCUT2D eigenvalue weighted by Gasteiger charge is -2.41. The molecule has 9 heavy (non-hydrogen) atoms. The fourth-order valence-electron chi connectivity index (χ4n) is 1.01. The molecule has 0 amide bonds. The molecule has 1 heterocycles. The zero-order valence-corrected chi connectivity index (χ0v) is 6.73. The van der Waals surface area contributed by atoms with Gasteiger partial charge in [0.2, 0.25) is 0 Å². The molecular weight excluding hydrogens is 134 g/mol. The highest BCUT2D eigenvalue weighted by Gasteiger charge is 2.40. The Morgan fingerprint density at radius 3 is 2.44 bits per heavy atom. The van der Waals surface area contributed by atoms with E-state index in [9.17, 15) is 4.79 Å². The number of carbonyl (C=O) groups is 1. The van der Waals surface area contributed by atoms with Crippen molar-refractivity contribution in [2.45, 2.75) is 18.3 Å². The van der Waals surface area contributed by atoms with Gasteiger partial charge in [-0.2, -0.15) is 0 Å². The average Bonchev–Trinajstić information content (AvgIpc) is 1.89. The number of likely N-dealkylation sites (tertiary alicyclic amines) is 1. The van der Waals surface area contributed by atoms with Crippen molar-refractivity contribution in [3.05, 3.63) is 0 Å². The van der Waals surface area contributed by atoms with Crippen LogP contribution in [-0.2, 0) is 4.79 Å². The maximum atomic E-state index is 10.9. The van der Waals surface area contributed by atoms with Crippen LogP contribution in [0.1, 0.15) is 6.92 Å². The normalized spacial score (nSPS) is 36.6. The van der Waals surface area contributed by atoms with Crippen LogP contribution in [-0.4, -0.2) is 35.4 Å². The van der Waals surface area contributed by atoms with Gasteiger partial charge in [-0.1, -0.05) is 0 Å². The van der Waals surface area contributed by atoms with E-state index >= 15 is 0 Å². The Bertz CT molecular complexity index is 137. The molecule has 0 aliphatic carbocycles. The molecule has 2 unspecified atom stereocenters. The minimum absolute atomic E-state index is 0.139. The Hall–Kier alpha value is -0.0200. The van der Waals surface area contributed by atoms with E-state index in [1.807, 2.05) is 20.2 Å². The van der Waals surface area contributed by atoms with Crippen LogP contribution < -0.4 is 0 Å². The van der Waals surface area contributed by atoms with Crippen LogP contribution in [0.25, 0.3) is 0 Å². The second-order valence-electron chi connectivity index (χ2n) is 2.33. The summed E-state index contributed by atoms with van der Waals surface area (Å²) in [4.78, 5) is 13.0. The number of hydrogen-bond acceptors (Lipinski definition) is 3. The molecule has 1 rings (SSSR count). The number of likely N-dealkylation sites (N-methyl/N-ethyl adjacent to an activating group) is 1. The zero-order valence-electron chi connectivity index (χ0n) is 5.92. The van der Waals surface area contributed by atoms with Gasteiger partial charge in [-0.15, -0.1) is 11.8 Å². The van der Waals surface area contributed by atoms with Crippen molar-refractivity contribution in [3.63, 3.8) is 0 Å². The van der Waals surface area contributed by atoms with E-state index in [0.717, 1.165) is 0 Å². The van der Waals surface area contributed by atoms with Gasteiger partial charge in [0.25, 0.3) is 0 Å². The van der Waals surface area contributed by atoms with Crippen LogP contribution >= 0.6 is 11.8 Å². The van der Waals surface area contributed by atoms with Gasteiger partial charge in [0.1, 0.15) is 5.37 Å². The van der Waals surface area contributed by atoms with Gasteiger partial charge in [-0.3, -0.25) is 9.69 Å². The van der Waals surface area contributed by atoms with Crippen LogP contribution in [0.2, 0.25) is 0 Å². The van der Waals surface area contributed by atoms with Crippen molar-refractivity contribution in [1.82, 2.24) is 4.90 Å². The molecule has 2 atom stereocenters. The highest BCUT2D eigenvalue weighted by molar-refractivity contribution is 8.00. The molecule has 1 aliphatic rings. The lowest BCUT2D eigenvalue weighted by atomic mass is 10.1. The van der Waals surface area contributed by atoms with Crippen molar-refractivity contribution in [2.75, 3.05) is 13.3 Å². The van der Waals surface area contributed by atoms with Crippen molar-refractivity contribution in [3.8, 4) is 0 Å². The molecule has 0 N–H and O–H groups in total. The molecule has 0 spiro atoms. The van der Waals surface area contributed by atoms with Gasteiger partial charge in [0.05, 0.1) is 6.04 Å². The third kappa shape index (κ3) is 0.883. The summed E-state index contributed by atoms with van der Waals surface area (Å²) in [5.41, 5.74) is 0. The third-order valence-electron chi connectivity index (χ3n) is 1.86. The number of nitrogens with zero attached hydrogens (tertiary/aromatic N) is 1. The molecule has 1 aliphatic heterocycles. The Labute approximate surface area is 59.6 Å². The van der Waals surface area contributed by atoms with Crippen LogP contribution in [0.3, 0.4) is 0 Å². The van der Waals surface area contributed by atoms with E-state index in [1.54, 1.807) is 11.8 Å². The standard InChI is InChI=1S/C6H11NOS/c1-4-5(8)6(9-3)7(4)2/h4,6H,1-3H3. The smallest absolute Gasteiger partial charge is 0.176 e. The van der Waals surface area contributed by atoms with E-state index in [1.165, 1.54) is 0 Å². The Morgan fingerprint density at radius 1 is 1.67 bits per heavy atom. The Balaban J connectivity index is 2.51. The number of hydrogen-bond donors (Lipinski definition) is 0. The Kier molecular flexibility index (Phi) is 1.82. The van der Waals surface area contributed by atoms with Crippen LogP contribution in [0.5, 0.6) is 0 Å². The third-order valence-corrected chi connectivity index (χ3v) is 2.87. The maximum absolute atomic E-state index is 10.9. The lowest BCUT2D eigenvalue weighted by molar-refractivity contribution is -0.135. The molecule has 0 saturated carbocycles. The summed E-state index contributed by atoms with van der Waals surface area (Å²) in [7, 11) is 1.98. The molecule has 0 aromatic rings. The molecular formula is C6H11NOS. The van der Waals surface area contributed by atoms with Gasteiger partial charge >= 0.3 is 0 Å². The molecule has 52 valence electrons. The predicted octanol–water partition coefficient (Wildman–Crippen LogP) is 0.579. The van der Waals surface area contributed by atoms with Crippen LogP contribution in [0.15, 0.2) is 0 Å². The first kappa shape index (κ1) is 7.09.